The molecule has 1 N–H and O–H groups in total. The first-order chi connectivity index (χ1) is 5.34. The van der Waals surface area contributed by atoms with E-state index >= 15 is 0 Å². The molecule has 1 aromatic rings. The van der Waals surface area contributed by atoms with Gasteiger partial charge >= 0.3 is 0 Å². The lowest BCUT2D eigenvalue weighted by atomic mass is 9.93. The van der Waals surface area contributed by atoms with Gasteiger partial charge < -0.3 is 9.73 Å². The van der Waals surface area contributed by atoms with E-state index in [0.29, 0.717) is 17.3 Å². The average Bonchev–Trinajstić information content (AvgIpc) is 2.27. The SMILES string of the molecule is Clc1cnc(NC2CCC2)o1. The van der Waals surface area contributed by atoms with E-state index in [0.717, 1.165) is 0 Å². The van der Waals surface area contributed by atoms with Crippen LogP contribution in [0.15, 0.2) is 10.6 Å². The molecule has 0 aromatic carbocycles. The van der Waals surface area contributed by atoms with Crippen LogP contribution in [0.5, 0.6) is 0 Å². The topological polar surface area (TPSA) is 38.1 Å². The molecular formula is C7H9ClN2O. The van der Waals surface area contributed by atoms with Gasteiger partial charge in [-0.1, -0.05) is 0 Å². The minimum absolute atomic E-state index is 0.340. The van der Waals surface area contributed by atoms with Gasteiger partial charge in [-0.15, -0.1) is 0 Å². The Morgan fingerprint density at radius 3 is 2.91 bits per heavy atom. The molecule has 1 aliphatic rings. The van der Waals surface area contributed by atoms with Gasteiger partial charge in [0.25, 0.3) is 6.01 Å². The Balaban J connectivity index is 1.95. The van der Waals surface area contributed by atoms with E-state index in [2.05, 4.69) is 10.3 Å². The first-order valence-electron chi connectivity index (χ1n) is 3.72. The van der Waals surface area contributed by atoms with Crippen molar-refractivity contribution in [2.24, 2.45) is 0 Å². The third-order valence-corrected chi connectivity index (χ3v) is 2.08. The molecule has 2 rings (SSSR count). The van der Waals surface area contributed by atoms with Crippen molar-refractivity contribution in [3.8, 4) is 0 Å². The number of aromatic nitrogens is 1. The Kier molecular flexibility index (Phi) is 1.74. The van der Waals surface area contributed by atoms with Crippen LogP contribution in [0.1, 0.15) is 19.3 Å². The molecule has 0 atom stereocenters. The molecule has 0 unspecified atom stereocenters. The number of rotatable bonds is 2. The van der Waals surface area contributed by atoms with Crippen LogP contribution in [0.4, 0.5) is 6.01 Å². The Bertz CT molecular complexity index is 244. The fraction of sp³-hybridized carbons (Fsp3) is 0.571. The number of nitrogens with zero attached hydrogens (tertiary/aromatic N) is 1. The average molecular weight is 173 g/mol. The van der Waals surface area contributed by atoms with Crippen LogP contribution >= 0.6 is 11.6 Å². The molecular weight excluding hydrogens is 164 g/mol. The van der Waals surface area contributed by atoms with E-state index in [4.69, 9.17) is 16.0 Å². The molecule has 0 saturated heterocycles. The lowest BCUT2D eigenvalue weighted by molar-refractivity contribution is 0.429. The molecule has 1 saturated carbocycles. The number of nitrogens with one attached hydrogen (secondary N) is 1. The molecule has 1 fully saturated rings. The van der Waals surface area contributed by atoms with Gasteiger partial charge in [-0.2, -0.15) is 0 Å². The monoisotopic (exact) mass is 172 g/mol. The normalized spacial score (nSPS) is 17.9. The van der Waals surface area contributed by atoms with Crippen molar-refractivity contribution in [3.63, 3.8) is 0 Å². The van der Waals surface area contributed by atoms with E-state index in [1.54, 1.807) is 0 Å². The van der Waals surface area contributed by atoms with Crippen molar-refractivity contribution >= 4 is 17.6 Å². The lowest BCUT2D eigenvalue weighted by Gasteiger charge is -2.25. The molecule has 0 spiro atoms. The fourth-order valence-electron chi connectivity index (χ4n) is 1.05. The smallest absolute Gasteiger partial charge is 0.296 e. The lowest BCUT2D eigenvalue weighted by Crippen LogP contribution is -2.26. The Hall–Kier alpha value is -0.700. The summed E-state index contributed by atoms with van der Waals surface area (Å²) in [6.45, 7) is 0. The van der Waals surface area contributed by atoms with E-state index < -0.39 is 0 Å². The third-order valence-electron chi connectivity index (χ3n) is 1.91. The van der Waals surface area contributed by atoms with Crippen LogP contribution in [0, 0.1) is 0 Å². The van der Waals surface area contributed by atoms with Gasteiger partial charge in [0.15, 0.2) is 0 Å². The standard InChI is InChI=1S/C7H9ClN2O/c8-6-4-9-7(11-6)10-5-2-1-3-5/h4-5H,1-3H2,(H,9,10). The molecule has 1 aliphatic carbocycles. The first-order valence-corrected chi connectivity index (χ1v) is 4.10. The highest BCUT2D eigenvalue weighted by Gasteiger charge is 2.18. The largest absolute Gasteiger partial charge is 0.412 e. The van der Waals surface area contributed by atoms with Gasteiger partial charge in [0.05, 0.1) is 6.20 Å². The van der Waals surface area contributed by atoms with E-state index in [9.17, 15) is 0 Å². The fourth-order valence-corrected chi connectivity index (χ4v) is 1.17. The summed E-state index contributed by atoms with van der Waals surface area (Å²) in [5.41, 5.74) is 0. The quantitative estimate of drug-likeness (QED) is 0.744. The van der Waals surface area contributed by atoms with Crippen molar-refractivity contribution in [1.82, 2.24) is 4.98 Å². The Labute approximate surface area is 69.8 Å². The maximum absolute atomic E-state index is 5.54. The molecule has 0 radical (unpaired) electrons. The number of hydrogen-bond acceptors (Lipinski definition) is 3. The minimum atomic E-state index is 0.340. The predicted octanol–water partition coefficient (Wildman–Crippen LogP) is 2.29. The molecule has 1 aromatic heterocycles. The second-order valence-electron chi connectivity index (χ2n) is 2.74. The van der Waals surface area contributed by atoms with Gasteiger partial charge in [-0.3, -0.25) is 0 Å². The summed E-state index contributed by atoms with van der Waals surface area (Å²) < 4.78 is 5.03. The zero-order chi connectivity index (χ0) is 7.68. The zero-order valence-corrected chi connectivity index (χ0v) is 6.77. The van der Waals surface area contributed by atoms with Crippen LogP contribution in [0.25, 0.3) is 0 Å². The van der Waals surface area contributed by atoms with Crippen molar-refractivity contribution < 1.29 is 4.42 Å². The molecule has 0 amide bonds. The summed E-state index contributed by atoms with van der Waals surface area (Å²) in [4.78, 5) is 3.93. The van der Waals surface area contributed by atoms with Crippen LogP contribution < -0.4 is 5.32 Å². The molecule has 4 heteroatoms. The molecule has 1 heterocycles. The highest BCUT2D eigenvalue weighted by molar-refractivity contribution is 6.28. The van der Waals surface area contributed by atoms with Crippen molar-refractivity contribution in [1.29, 1.82) is 0 Å². The molecule has 60 valence electrons. The van der Waals surface area contributed by atoms with Gasteiger partial charge in [0.2, 0.25) is 5.22 Å². The van der Waals surface area contributed by atoms with Crippen molar-refractivity contribution in [3.05, 3.63) is 11.4 Å². The van der Waals surface area contributed by atoms with Gasteiger partial charge in [0, 0.05) is 6.04 Å². The van der Waals surface area contributed by atoms with Crippen LogP contribution in [0.3, 0.4) is 0 Å². The van der Waals surface area contributed by atoms with Crippen molar-refractivity contribution in [2.45, 2.75) is 25.3 Å². The number of hydrogen-bond donors (Lipinski definition) is 1. The summed E-state index contributed by atoms with van der Waals surface area (Å²) in [5.74, 6) is 0. The van der Waals surface area contributed by atoms with Crippen LogP contribution in [-0.2, 0) is 0 Å². The highest BCUT2D eigenvalue weighted by Crippen LogP contribution is 2.23. The third kappa shape index (κ3) is 1.48. The van der Waals surface area contributed by atoms with E-state index in [1.807, 2.05) is 0 Å². The second kappa shape index (κ2) is 2.74. The molecule has 11 heavy (non-hydrogen) atoms. The Morgan fingerprint density at radius 2 is 2.45 bits per heavy atom. The summed E-state index contributed by atoms with van der Waals surface area (Å²) in [6.07, 6.45) is 5.22. The minimum Gasteiger partial charge on any atom is -0.412 e. The maximum Gasteiger partial charge on any atom is 0.296 e. The molecule has 0 aliphatic heterocycles. The number of anilines is 1. The number of oxazole rings is 1. The Morgan fingerprint density at radius 1 is 1.64 bits per heavy atom. The van der Waals surface area contributed by atoms with E-state index in [1.165, 1.54) is 25.5 Å². The second-order valence-corrected chi connectivity index (χ2v) is 3.11. The van der Waals surface area contributed by atoms with Crippen LogP contribution in [-0.4, -0.2) is 11.0 Å². The zero-order valence-electron chi connectivity index (χ0n) is 6.01. The summed E-state index contributed by atoms with van der Waals surface area (Å²) in [6, 6.07) is 1.09. The first kappa shape index (κ1) is 6.98. The van der Waals surface area contributed by atoms with Gasteiger partial charge in [0.1, 0.15) is 0 Å². The van der Waals surface area contributed by atoms with Crippen LogP contribution in [0.2, 0.25) is 5.22 Å². The van der Waals surface area contributed by atoms with Gasteiger partial charge in [-0.05, 0) is 30.9 Å². The molecule has 0 bridgehead atoms. The van der Waals surface area contributed by atoms with Gasteiger partial charge in [-0.25, -0.2) is 4.98 Å². The predicted molar refractivity (Wildman–Crippen MR) is 42.8 cm³/mol. The summed E-state index contributed by atoms with van der Waals surface area (Å²) in [7, 11) is 0. The number of halogens is 1. The summed E-state index contributed by atoms with van der Waals surface area (Å²) >= 11 is 5.54. The maximum atomic E-state index is 5.54. The highest BCUT2D eigenvalue weighted by atomic mass is 35.5. The summed E-state index contributed by atoms with van der Waals surface area (Å²) in [5, 5.41) is 3.48. The van der Waals surface area contributed by atoms with E-state index in [-0.39, 0.29) is 0 Å². The molecule has 3 nitrogen and oxygen atoms in total. The van der Waals surface area contributed by atoms with Crippen molar-refractivity contribution in [2.75, 3.05) is 5.32 Å².